The molecule has 0 aliphatic heterocycles. The second kappa shape index (κ2) is 21.1. The van der Waals surface area contributed by atoms with E-state index in [4.69, 9.17) is 0 Å². The molecule has 0 saturated carbocycles. The third-order valence-corrected chi connectivity index (χ3v) is 7.09. The van der Waals surface area contributed by atoms with Gasteiger partial charge in [0, 0.05) is 36.2 Å². The number of aryl methyl sites for hydroxylation is 1. The Hall–Kier alpha value is -1.90. The van der Waals surface area contributed by atoms with Gasteiger partial charge in [-0.25, -0.2) is 9.13 Å². The molecule has 2 aromatic heterocycles. The molecule has 2 nitrogen and oxygen atoms in total. The Kier molecular flexibility index (Phi) is 18.9. The molecule has 0 bridgehead atoms. The van der Waals surface area contributed by atoms with Crippen molar-refractivity contribution in [1.82, 2.24) is 0 Å². The predicted octanol–water partition coefficient (Wildman–Crippen LogP) is 2.47. The van der Waals surface area contributed by atoms with Gasteiger partial charge in [-0.1, -0.05) is 114 Å². The van der Waals surface area contributed by atoms with Crippen LogP contribution in [0.2, 0.25) is 0 Å². The quantitative estimate of drug-likeness (QED) is 0.172. The maximum Gasteiger partial charge on any atom is 0.173 e. The first-order chi connectivity index (χ1) is 17.3. The van der Waals surface area contributed by atoms with Crippen molar-refractivity contribution in [2.24, 2.45) is 0 Å². The normalized spacial score (nSPS) is 10.5. The van der Waals surface area contributed by atoms with Crippen molar-refractivity contribution in [3.8, 4) is 11.1 Å². The molecule has 3 rings (SSSR count). The van der Waals surface area contributed by atoms with Gasteiger partial charge in [-0.3, -0.25) is 0 Å². The highest BCUT2D eigenvalue weighted by Gasteiger charge is 2.06. The fraction of sp³-hybridized carbons (Fsp3) is 0.515. The summed E-state index contributed by atoms with van der Waals surface area (Å²) >= 11 is 0. The minimum absolute atomic E-state index is 0. The average molecular weight is 544 g/mol. The van der Waals surface area contributed by atoms with Crippen LogP contribution in [0.25, 0.3) is 11.1 Å². The third kappa shape index (κ3) is 14.0. The third-order valence-electron chi connectivity index (χ3n) is 7.09. The highest BCUT2D eigenvalue weighted by molar-refractivity contribution is 5.60. The predicted molar refractivity (Wildman–Crippen MR) is 148 cm³/mol. The van der Waals surface area contributed by atoms with Crippen molar-refractivity contribution in [1.29, 1.82) is 0 Å². The molecule has 0 spiro atoms. The molecular formula is C33H48Cl2N2. The summed E-state index contributed by atoms with van der Waals surface area (Å²) in [6.45, 7) is 4.34. The average Bonchev–Trinajstić information content (AvgIpc) is 2.90. The number of rotatable bonds is 18. The van der Waals surface area contributed by atoms with Crippen LogP contribution in [-0.2, 0) is 13.1 Å². The highest BCUT2D eigenvalue weighted by atomic mass is 35.5. The van der Waals surface area contributed by atoms with Gasteiger partial charge in [0.2, 0.25) is 0 Å². The van der Waals surface area contributed by atoms with E-state index in [1.165, 1.54) is 107 Å². The van der Waals surface area contributed by atoms with Crippen molar-refractivity contribution in [2.75, 3.05) is 0 Å². The standard InChI is InChI=1S/C33H48N2.2ClH/c1-2-3-4-5-6-7-8-9-10-11-12-13-14-18-25-34-26-21-32(22-27-34)33-23-28-35(29-24-33)30-31-19-16-15-17-20-31;;/h15-17,19-24,26-29H,2-14,18,25,30H2,1H3;2*1H/q+2;;/p-2. The smallest absolute Gasteiger partial charge is 0.173 e. The lowest BCUT2D eigenvalue weighted by Gasteiger charge is -2.03. The summed E-state index contributed by atoms with van der Waals surface area (Å²) in [5, 5.41) is 0. The molecule has 0 radical (unpaired) electrons. The monoisotopic (exact) mass is 542 g/mol. The first-order valence-corrected chi connectivity index (χ1v) is 14.4. The molecule has 0 N–H and O–H groups in total. The number of pyridine rings is 2. The SMILES string of the molecule is CCCCCCCCCCCCCCCC[n+]1ccc(-c2cc[n+](Cc3ccccc3)cc2)cc1.[Cl-].[Cl-]. The summed E-state index contributed by atoms with van der Waals surface area (Å²) in [4.78, 5) is 0. The van der Waals surface area contributed by atoms with E-state index in [0.717, 1.165) is 13.1 Å². The van der Waals surface area contributed by atoms with Gasteiger partial charge in [0.15, 0.2) is 31.3 Å². The Morgan fingerprint density at radius 2 is 0.865 bits per heavy atom. The van der Waals surface area contributed by atoms with Crippen molar-refractivity contribution < 1.29 is 33.9 Å². The largest absolute Gasteiger partial charge is 1.00 e. The van der Waals surface area contributed by atoms with Crippen LogP contribution in [0, 0.1) is 0 Å². The molecule has 2 heterocycles. The second-order valence-corrected chi connectivity index (χ2v) is 10.2. The lowest BCUT2D eigenvalue weighted by Crippen LogP contribution is -3.00. The van der Waals surface area contributed by atoms with Gasteiger partial charge < -0.3 is 24.8 Å². The Balaban J connectivity index is 0.00000342. The molecule has 0 atom stereocenters. The first kappa shape index (κ1) is 33.1. The number of unbranched alkanes of at least 4 members (excludes halogenated alkanes) is 13. The molecule has 0 aliphatic rings. The molecule has 0 saturated heterocycles. The van der Waals surface area contributed by atoms with Crippen molar-refractivity contribution in [2.45, 2.75) is 110 Å². The second-order valence-electron chi connectivity index (χ2n) is 10.2. The van der Waals surface area contributed by atoms with E-state index in [1.807, 2.05) is 0 Å². The molecule has 0 unspecified atom stereocenters. The number of nitrogens with zero attached hydrogens (tertiary/aromatic N) is 2. The van der Waals surface area contributed by atoms with Gasteiger partial charge >= 0.3 is 0 Å². The van der Waals surface area contributed by atoms with E-state index in [-0.39, 0.29) is 24.8 Å². The summed E-state index contributed by atoms with van der Waals surface area (Å²) in [5.41, 5.74) is 3.89. The summed E-state index contributed by atoms with van der Waals surface area (Å²) in [5.74, 6) is 0. The maximum absolute atomic E-state index is 2.34. The zero-order valence-electron chi connectivity index (χ0n) is 23.0. The lowest BCUT2D eigenvalue weighted by molar-refractivity contribution is -0.697. The van der Waals surface area contributed by atoms with E-state index in [2.05, 4.69) is 95.4 Å². The van der Waals surface area contributed by atoms with Crippen LogP contribution in [0.1, 0.15) is 102 Å². The molecular weight excluding hydrogens is 495 g/mol. The van der Waals surface area contributed by atoms with E-state index in [0.29, 0.717) is 0 Å². The Morgan fingerprint density at radius 3 is 1.32 bits per heavy atom. The van der Waals surface area contributed by atoms with Gasteiger partial charge in [0.25, 0.3) is 0 Å². The number of hydrogen-bond donors (Lipinski definition) is 0. The highest BCUT2D eigenvalue weighted by Crippen LogP contribution is 2.16. The van der Waals surface area contributed by atoms with E-state index in [1.54, 1.807) is 0 Å². The topological polar surface area (TPSA) is 7.76 Å². The summed E-state index contributed by atoms with van der Waals surface area (Å²) < 4.78 is 4.57. The molecule has 0 fully saturated rings. The van der Waals surface area contributed by atoms with Crippen LogP contribution in [0.4, 0.5) is 0 Å². The van der Waals surface area contributed by atoms with Crippen LogP contribution in [0.3, 0.4) is 0 Å². The Bertz CT molecular complexity index is 911. The van der Waals surface area contributed by atoms with Gasteiger partial charge in [0.1, 0.15) is 6.54 Å². The molecule has 4 heteroatoms. The van der Waals surface area contributed by atoms with E-state index < -0.39 is 0 Å². The van der Waals surface area contributed by atoms with Crippen LogP contribution < -0.4 is 33.9 Å². The minimum Gasteiger partial charge on any atom is -1.00 e. The van der Waals surface area contributed by atoms with Crippen LogP contribution in [-0.4, -0.2) is 0 Å². The minimum atomic E-state index is 0. The number of benzene rings is 1. The van der Waals surface area contributed by atoms with E-state index in [9.17, 15) is 0 Å². The van der Waals surface area contributed by atoms with Gasteiger partial charge in [-0.15, -0.1) is 0 Å². The van der Waals surface area contributed by atoms with Crippen LogP contribution in [0.15, 0.2) is 79.4 Å². The maximum atomic E-state index is 2.34. The first-order valence-electron chi connectivity index (χ1n) is 14.4. The summed E-state index contributed by atoms with van der Waals surface area (Å²) in [6, 6.07) is 19.6. The zero-order valence-corrected chi connectivity index (χ0v) is 24.5. The molecule has 0 amide bonds. The number of halogens is 2. The van der Waals surface area contributed by atoms with E-state index >= 15 is 0 Å². The molecule has 0 aliphatic carbocycles. The van der Waals surface area contributed by atoms with Crippen molar-refractivity contribution >= 4 is 0 Å². The van der Waals surface area contributed by atoms with Gasteiger partial charge in [-0.05, 0) is 17.5 Å². The summed E-state index contributed by atoms with van der Waals surface area (Å²) in [6.07, 6.45) is 28.6. The molecule has 1 aromatic carbocycles. The molecule has 37 heavy (non-hydrogen) atoms. The van der Waals surface area contributed by atoms with Crippen molar-refractivity contribution in [3.63, 3.8) is 0 Å². The fourth-order valence-electron chi connectivity index (χ4n) is 4.84. The Morgan fingerprint density at radius 1 is 0.459 bits per heavy atom. The fourth-order valence-corrected chi connectivity index (χ4v) is 4.84. The Labute approximate surface area is 239 Å². The van der Waals surface area contributed by atoms with Crippen LogP contribution in [0.5, 0.6) is 0 Å². The molecule has 204 valence electrons. The van der Waals surface area contributed by atoms with Crippen LogP contribution >= 0.6 is 0 Å². The molecule has 3 aromatic rings. The number of aromatic nitrogens is 2. The van der Waals surface area contributed by atoms with Gasteiger partial charge in [-0.2, -0.15) is 0 Å². The van der Waals surface area contributed by atoms with Gasteiger partial charge in [0.05, 0.1) is 0 Å². The summed E-state index contributed by atoms with van der Waals surface area (Å²) in [7, 11) is 0. The lowest BCUT2D eigenvalue weighted by atomic mass is 10.0. The number of hydrogen-bond acceptors (Lipinski definition) is 0. The van der Waals surface area contributed by atoms with Crippen molar-refractivity contribution in [3.05, 3.63) is 84.9 Å². The zero-order chi connectivity index (χ0) is 24.4.